The summed E-state index contributed by atoms with van der Waals surface area (Å²) in [5, 5.41) is 1.94. The topological polar surface area (TPSA) is 32.3 Å². The Morgan fingerprint density at radius 2 is 1.50 bits per heavy atom. The summed E-state index contributed by atoms with van der Waals surface area (Å²) < 4.78 is 0. The molecular formula is C17H20N2O. The van der Waals surface area contributed by atoms with Gasteiger partial charge in [0.2, 0.25) is 5.91 Å². The van der Waals surface area contributed by atoms with Crippen LogP contribution in [-0.4, -0.2) is 5.91 Å². The fraction of sp³-hybridized carbons (Fsp3) is 0.235. The molecule has 1 aliphatic heterocycles. The molecule has 1 saturated heterocycles. The second-order valence-corrected chi connectivity index (χ2v) is 4.37. The van der Waals surface area contributed by atoms with Crippen molar-refractivity contribution in [1.82, 2.24) is 5.43 Å². The van der Waals surface area contributed by atoms with Crippen molar-refractivity contribution in [3.05, 3.63) is 66.2 Å². The Hall–Kier alpha value is -2.29. The number of nitrogens with zero attached hydrogens (tertiary/aromatic N) is 1. The highest BCUT2D eigenvalue weighted by Gasteiger charge is 2.31. The smallest absolute Gasteiger partial charge is 0.241 e. The molecule has 1 N–H and O–H groups in total. The van der Waals surface area contributed by atoms with Gasteiger partial charge in [-0.3, -0.25) is 15.2 Å². The van der Waals surface area contributed by atoms with Crippen LogP contribution < -0.4 is 10.4 Å². The normalized spacial score (nSPS) is 17.2. The molecule has 3 rings (SSSR count). The summed E-state index contributed by atoms with van der Waals surface area (Å²) in [7, 11) is 0. The molecule has 1 atom stereocenters. The second-order valence-electron chi connectivity index (χ2n) is 4.37. The molecule has 1 amide bonds. The molecule has 1 aliphatic rings. The zero-order chi connectivity index (χ0) is 14.4. The first-order valence-corrected chi connectivity index (χ1v) is 7.03. The highest BCUT2D eigenvalue weighted by molar-refractivity contribution is 5.83. The quantitative estimate of drug-likeness (QED) is 0.900. The SMILES string of the molecule is CC.O=C1CC(c2ccccc2)N(c2ccccc2)N1. The molecule has 0 radical (unpaired) electrons. The minimum absolute atomic E-state index is 0.0627. The fourth-order valence-electron chi connectivity index (χ4n) is 2.30. The molecule has 2 aromatic carbocycles. The van der Waals surface area contributed by atoms with Gasteiger partial charge in [0, 0.05) is 0 Å². The molecule has 3 nitrogen and oxygen atoms in total. The Morgan fingerprint density at radius 1 is 0.950 bits per heavy atom. The number of hydrogen-bond donors (Lipinski definition) is 1. The van der Waals surface area contributed by atoms with Crippen LogP contribution >= 0.6 is 0 Å². The predicted molar refractivity (Wildman–Crippen MR) is 82.2 cm³/mol. The first-order valence-electron chi connectivity index (χ1n) is 7.03. The zero-order valence-electron chi connectivity index (χ0n) is 11.9. The van der Waals surface area contributed by atoms with E-state index in [0.717, 1.165) is 11.3 Å². The van der Waals surface area contributed by atoms with Crippen LogP contribution in [0.4, 0.5) is 5.69 Å². The molecule has 1 heterocycles. The van der Waals surface area contributed by atoms with Crippen molar-refractivity contribution in [3.8, 4) is 0 Å². The van der Waals surface area contributed by atoms with E-state index in [1.165, 1.54) is 0 Å². The van der Waals surface area contributed by atoms with Crippen LogP contribution in [0.3, 0.4) is 0 Å². The Morgan fingerprint density at radius 3 is 2.10 bits per heavy atom. The maximum absolute atomic E-state index is 11.7. The molecule has 0 aliphatic carbocycles. The van der Waals surface area contributed by atoms with Gasteiger partial charge in [-0.1, -0.05) is 62.4 Å². The van der Waals surface area contributed by atoms with E-state index in [0.29, 0.717) is 6.42 Å². The van der Waals surface area contributed by atoms with Crippen LogP contribution in [0.1, 0.15) is 31.9 Å². The van der Waals surface area contributed by atoms with Crippen molar-refractivity contribution in [3.63, 3.8) is 0 Å². The lowest BCUT2D eigenvalue weighted by Crippen LogP contribution is -2.34. The Kier molecular flexibility index (Phi) is 4.77. The maximum Gasteiger partial charge on any atom is 0.241 e. The van der Waals surface area contributed by atoms with Crippen molar-refractivity contribution in [2.75, 3.05) is 5.01 Å². The van der Waals surface area contributed by atoms with Gasteiger partial charge < -0.3 is 0 Å². The Labute approximate surface area is 120 Å². The van der Waals surface area contributed by atoms with E-state index in [2.05, 4.69) is 17.6 Å². The van der Waals surface area contributed by atoms with Gasteiger partial charge in [-0.05, 0) is 17.7 Å². The number of amides is 1. The summed E-state index contributed by atoms with van der Waals surface area (Å²) in [6.45, 7) is 4.00. The van der Waals surface area contributed by atoms with E-state index in [-0.39, 0.29) is 11.9 Å². The second kappa shape index (κ2) is 6.75. The predicted octanol–water partition coefficient (Wildman–Crippen LogP) is 3.70. The van der Waals surface area contributed by atoms with Crippen LogP contribution in [0, 0.1) is 0 Å². The van der Waals surface area contributed by atoms with Crippen LogP contribution in [-0.2, 0) is 4.79 Å². The van der Waals surface area contributed by atoms with Crippen LogP contribution in [0.5, 0.6) is 0 Å². The molecule has 20 heavy (non-hydrogen) atoms. The molecule has 1 fully saturated rings. The largest absolute Gasteiger partial charge is 0.278 e. The molecule has 0 aromatic heterocycles. The number of para-hydroxylation sites is 1. The van der Waals surface area contributed by atoms with Crippen molar-refractivity contribution in [2.45, 2.75) is 26.3 Å². The fourth-order valence-corrected chi connectivity index (χ4v) is 2.30. The highest BCUT2D eigenvalue weighted by atomic mass is 16.2. The number of carbonyl (C=O) groups excluding carboxylic acids is 1. The van der Waals surface area contributed by atoms with Crippen molar-refractivity contribution in [1.29, 1.82) is 0 Å². The standard InChI is InChI=1S/C15H14N2O.C2H6/c18-15-11-14(12-7-3-1-4-8-12)17(16-15)13-9-5-2-6-10-13;1-2/h1-10,14H,11H2,(H,16,18);1-2H3. The Balaban J connectivity index is 0.000000704. The van der Waals surface area contributed by atoms with Gasteiger partial charge in [0.15, 0.2) is 0 Å². The van der Waals surface area contributed by atoms with Crippen molar-refractivity contribution < 1.29 is 4.79 Å². The maximum atomic E-state index is 11.7. The number of nitrogens with one attached hydrogen (secondary N) is 1. The van der Waals surface area contributed by atoms with E-state index in [1.807, 2.05) is 67.4 Å². The minimum Gasteiger partial charge on any atom is -0.278 e. The zero-order valence-corrected chi connectivity index (χ0v) is 11.9. The number of anilines is 1. The van der Waals surface area contributed by atoms with E-state index >= 15 is 0 Å². The number of hydrazine groups is 1. The van der Waals surface area contributed by atoms with Gasteiger partial charge in [-0.2, -0.15) is 0 Å². The molecule has 3 heteroatoms. The van der Waals surface area contributed by atoms with Crippen LogP contribution in [0.15, 0.2) is 60.7 Å². The number of carbonyl (C=O) groups is 1. The summed E-state index contributed by atoms with van der Waals surface area (Å²) >= 11 is 0. The summed E-state index contributed by atoms with van der Waals surface area (Å²) in [4.78, 5) is 11.7. The summed E-state index contributed by atoms with van der Waals surface area (Å²) in [6, 6.07) is 20.1. The summed E-state index contributed by atoms with van der Waals surface area (Å²) in [5.74, 6) is 0.0627. The average molecular weight is 268 g/mol. The van der Waals surface area contributed by atoms with Gasteiger partial charge in [0.1, 0.15) is 0 Å². The summed E-state index contributed by atoms with van der Waals surface area (Å²) in [6.07, 6.45) is 0.499. The minimum atomic E-state index is 0.0627. The third-order valence-electron chi connectivity index (χ3n) is 3.15. The summed E-state index contributed by atoms with van der Waals surface area (Å²) in [5.41, 5.74) is 5.08. The monoisotopic (exact) mass is 268 g/mol. The molecule has 1 unspecified atom stereocenters. The van der Waals surface area contributed by atoms with E-state index in [9.17, 15) is 4.79 Å². The lowest BCUT2D eigenvalue weighted by atomic mass is 10.0. The molecule has 2 aromatic rings. The van der Waals surface area contributed by atoms with E-state index < -0.39 is 0 Å². The van der Waals surface area contributed by atoms with Gasteiger partial charge in [-0.25, -0.2) is 0 Å². The van der Waals surface area contributed by atoms with Gasteiger partial charge in [-0.15, -0.1) is 0 Å². The van der Waals surface area contributed by atoms with Gasteiger partial charge in [0.05, 0.1) is 18.2 Å². The molecule has 104 valence electrons. The number of benzene rings is 2. The average Bonchev–Trinajstić information content (AvgIpc) is 2.93. The highest BCUT2D eigenvalue weighted by Crippen LogP contribution is 2.31. The lowest BCUT2D eigenvalue weighted by molar-refractivity contribution is -0.119. The molecule has 0 saturated carbocycles. The van der Waals surface area contributed by atoms with E-state index in [4.69, 9.17) is 0 Å². The van der Waals surface area contributed by atoms with Crippen molar-refractivity contribution >= 4 is 11.6 Å². The first-order chi connectivity index (χ1) is 9.84. The third-order valence-corrected chi connectivity index (χ3v) is 3.15. The Bertz CT molecular complexity index is 490. The lowest BCUT2D eigenvalue weighted by Gasteiger charge is -2.25. The van der Waals surface area contributed by atoms with Gasteiger partial charge in [0.25, 0.3) is 0 Å². The number of rotatable bonds is 2. The molecule has 0 bridgehead atoms. The van der Waals surface area contributed by atoms with Gasteiger partial charge >= 0.3 is 0 Å². The van der Waals surface area contributed by atoms with E-state index in [1.54, 1.807) is 0 Å². The molecule has 0 spiro atoms. The first kappa shape index (κ1) is 14.1. The van der Waals surface area contributed by atoms with Crippen molar-refractivity contribution in [2.24, 2.45) is 0 Å². The number of hydrogen-bond acceptors (Lipinski definition) is 2. The third kappa shape index (κ3) is 2.99. The van der Waals surface area contributed by atoms with Crippen LogP contribution in [0.2, 0.25) is 0 Å². The molecular weight excluding hydrogens is 248 g/mol. The van der Waals surface area contributed by atoms with Crippen LogP contribution in [0.25, 0.3) is 0 Å².